The van der Waals surface area contributed by atoms with Crippen LogP contribution >= 0.6 is 11.3 Å². The Morgan fingerprint density at radius 2 is 2.10 bits per heavy atom. The maximum Gasteiger partial charge on any atom is 0.276 e. The van der Waals surface area contributed by atoms with E-state index < -0.39 is 37.3 Å². The molecule has 1 aliphatic rings. The predicted molar refractivity (Wildman–Crippen MR) is 66.5 cm³/mol. The summed E-state index contributed by atoms with van der Waals surface area (Å²) in [5.41, 5.74) is 0. The van der Waals surface area contributed by atoms with Gasteiger partial charge in [0.2, 0.25) is 6.29 Å². The van der Waals surface area contributed by atoms with Crippen LogP contribution in [0.1, 0.15) is 16.6 Å². The molecular weight excluding hydrogens is 290 g/mol. The normalized spacial score (nSPS) is 34.0. The second-order valence-corrected chi connectivity index (χ2v) is 5.35. The lowest BCUT2D eigenvalue weighted by Crippen LogP contribution is -2.60. The minimum atomic E-state index is -1.52. The minimum Gasteiger partial charge on any atom is -0.437 e. The zero-order valence-corrected chi connectivity index (χ0v) is 11.4. The summed E-state index contributed by atoms with van der Waals surface area (Å²) in [5, 5.41) is 38.1. The van der Waals surface area contributed by atoms with Crippen molar-refractivity contribution in [1.29, 1.82) is 0 Å². The van der Waals surface area contributed by atoms with Crippen molar-refractivity contribution < 1.29 is 34.7 Å². The van der Waals surface area contributed by atoms with Crippen molar-refractivity contribution >= 4 is 17.1 Å². The number of ketones is 1. The van der Waals surface area contributed by atoms with E-state index in [2.05, 4.69) is 4.98 Å². The summed E-state index contributed by atoms with van der Waals surface area (Å²) in [5.74, 6) is -0.175. The number of hydrogen-bond acceptors (Lipinski definition) is 9. The van der Waals surface area contributed by atoms with Crippen molar-refractivity contribution in [1.82, 2.24) is 4.98 Å². The number of carbonyl (C=O) groups is 1. The Morgan fingerprint density at radius 3 is 2.65 bits per heavy atom. The first-order chi connectivity index (χ1) is 9.43. The summed E-state index contributed by atoms with van der Waals surface area (Å²) in [7, 11) is 0. The van der Waals surface area contributed by atoms with Crippen LogP contribution in [0.2, 0.25) is 0 Å². The van der Waals surface area contributed by atoms with Gasteiger partial charge in [-0.05, 0) is 0 Å². The van der Waals surface area contributed by atoms with E-state index in [4.69, 9.17) is 14.6 Å². The molecular formula is C11H15NO7S. The number of hydrogen-bond donors (Lipinski definition) is 4. The van der Waals surface area contributed by atoms with E-state index in [1.165, 1.54) is 13.1 Å². The van der Waals surface area contributed by atoms with Crippen LogP contribution in [0.15, 0.2) is 6.20 Å². The van der Waals surface area contributed by atoms with Gasteiger partial charge < -0.3 is 29.9 Å². The first-order valence-electron chi connectivity index (χ1n) is 5.88. The molecule has 0 unspecified atom stereocenters. The molecule has 1 aliphatic heterocycles. The SMILES string of the molecule is CC(=O)c1cnc(O[C@H]2O[C@H](CO)[C@@H](O)[C@H](O)[C@@H]2O)s1. The van der Waals surface area contributed by atoms with Crippen LogP contribution in [-0.2, 0) is 4.74 Å². The van der Waals surface area contributed by atoms with E-state index >= 15 is 0 Å². The fourth-order valence-electron chi connectivity index (χ4n) is 1.74. The Bertz CT molecular complexity index is 477. The largest absolute Gasteiger partial charge is 0.437 e. The van der Waals surface area contributed by atoms with E-state index in [9.17, 15) is 20.1 Å². The predicted octanol–water partition coefficient (Wildman–Crippen LogP) is -1.48. The van der Waals surface area contributed by atoms with E-state index in [0.717, 1.165) is 11.3 Å². The third-order valence-corrected chi connectivity index (χ3v) is 3.89. The van der Waals surface area contributed by atoms with Crippen molar-refractivity contribution in [2.24, 2.45) is 0 Å². The van der Waals surface area contributed by atoms with Crippen LogP contribution in [-0.4, -0.2) is 68.5 Å². The standard InChI is InChI=1S/C11H15NO7S/c1-4(14)6-2-12-11(20-6)19-10-9(17)8(16)7(15)5(3-13)18-10/h2,5,7-10,13,15-17H,3H2,1H3/t5-,7-,8+,9+,10-/m1/s1. The molecule has 0 spiro atoms. The smallest absolute Gasteiger partial charge is 0.276 e. The topological polar surface area (TPSA) is 129 Å². The molecule has 2 heterocycles. The molecule has 1 fully saturated rings. The third kappa shape index (κ3) is 2.97. The molecule has 4 N–H and O–H groups in total. The maximum absolute atomic E-state index is 11.1. The van der Waals surface area contributed by atoms with Crippen LogP contribution < -0.4 is 4.74 Å². The summed E-state index contributed by atoms with van der Waals surface area (Å²) in [6.07, 6.45) is -5.48. The van der Waals surface area contributed by atoms with E-state index in [-0.39, 0.29) is 11.0 Å². The first kappa shape index (κ1) is 15.3. The Kier molecular flexibility index (Phi) is 4.68. The number of nitrogens with zero attached hydrogens (tertiary/aromatic N) is 1. The molecule has 0 bridgehead atoms. The van der Waals surface area contributed by atoms with Gasteiger partial charge >= 0.3 is 0 Å². The highest BCUT2D eigenvalue weighted by Gasteiger charge is 2.45. The minimum absolute atomic E-state index is 0.0829. The quantitative estimate of drug-likeness (QED) is 0.496. The Balaban J connectivity index is 2.08. The average molecular weight is 305 g/mol. The summed E-state index contributed by atoms with van der Waals surface area (Å²) in [6, 6.07) is 0. The summed E-state index contributed by atoms with van der Waals surface area (Å²) in [6.45, 7) is 0.840. The Labute approximate surface area is 118 Å². The molecule has 0 aromatic carbocycles. The van der Waals surface area contributed by atoms with Gasteiger partial charge in [0.05, 0.1) is 17.7 Å². The molecule has 0 amide bonds. The van der Waals surface area contributed by atoms with Crippen molar-refractivity contribution in [3.8, 4) is 5.19 Å². The number of aromatic nitrogens is 1. The zero-order chi connectivity index (χ0) is 14.9. The summed E-state index contributed by atoms with van der Waals surface area (Å²) in [4.78, 5) is 15.4. The number of rotatable bonds is 4. The van der Waals surface area contributed by atoms with Gasteiger partial charge in [-0.1, -0.05) is 11.3 Å². The van der Waals surface area contributed by atoms with Gasteiger partial charge in [-0.25, -0.2) is 4.98 Å². The highest BCUT2D eigenvalue weighted by Crippen LogP contribution is 2.27. The fourth-order valence-corrected chi connectivity index (χ4v) is 2.43. The zero-order valence-electron chi connectivity index (χ0n) is 10.5. The molecule has 0 aliphatic carbocycles. The van der Waals surface area contributed by atoms with Gasteiger partial charge in [-0.15, -0.1) is 0 Å². The molecule has 9 heteroatoms. The molecule has 2 rings (SSSR count). The van der Waals surface area contributed by atoms with Crippen LogP contribution in [0.3, 0.4) is 0 Å². The lowest BCUT2D eigenvalue weighted by molar-refractivity contribution is -0.277. The monoisotopic (exact) mass is 305 g/mol. The van der Waals surface area contributed by atoms with Gasteiger partial charge in [-0.2, -0.15) is 0 Å². The molecule has 1 aromatic heterocycles. The molecule has 20 heavy (non-hydrogen) atoms. The number of Topliss-reactive ketones (excluding diaryl/α,β-unsaturated/α-hetero) is 1. The molecule has 0 saturated carbocycles. The highest BCUT2D eigenvalue weighted by atomic mass is 32.1. The second-order valence-electron chi connectivity index (χ2n) is 4.36. The van der Waals surface area contributed by atoms with Gasteiger partial charge in [0.25, 0.3) is 5.19 Å². The number of thiazole rings is 1. The van der Waals surface area contributed by atoms with Crippen LogP contribution in [0.5, 0.6) is 5.19 Å². The third-order valence-electron chi connectivity index (χ3n) is 2.90. The van der Waals surface area contributed by atoms with Crippen molar-refractivity contribution in [3.63, 3.8) is 0 Å². The number of aliphatic hydroxyl groups is 4. The molecule has 0 radical (unpaired) electrons. The van der Waals surface area contributed by atoms with Gasteiger partial charge in [-0.3, -0.25) is 4.79 Å². The van der Waals surface area contributed by atoms with Crippen molar-refractivity contribution in [3.05, 3.63) is 11.1 Å². The molecule has 8 nitrogen and oxygen atoms in total. The molecule has 1 aromatic rings. The van der Waals surface area contributed by atoms with Crippen LogP contribution in [0, 0.1) is 0 Å². The Hall–Kier alpha value is -1.10. The molecule has 5 atom stereocenters. The highest BCUT2D eigenvalue weighted by molar-refractivity contribution is 7.15. The number of ether oxygens (including phenoxy) is 2. The molecule has 1 saturated heterocycles. The van der Waals surface area contributed by atoms with Crippen molar-refractivity contribution in [2.75, 3.05) is 6.61 Å². The average Bonchev–Trinajstić information content (AvgIpc) is 2.88. The van der Waals surface area contributed by atoms with Gasteiger partial charge in [0, 0.05) is 6.92 Å². The Morgan fingerprint density at radius 1 is 1.40 bits per heavy atom. The van der Waals surface area contributed by atoms with Crippen LogP contribution in [0.4, 0.5) is 0 Å². The van der Waals surface area contributed by atoms with E-state index in [0.29, 0.717) is 4.88 Å². The molecule has 112 valence electrons. The fraction of sp³-hybridized carbons (Fsp3) is 0.636. The van der Waals surface area contributed by atoms with Gasteiger partial charge in [0.15, 0.2) is 5.78 Å². The van der Waals surface area contributed by atoms with Crippen LogP contribution in [0.25, 0.3) is 0 Å². The van der Waals surface area contributed by atoms with Gasteiger partial charge in [0.1, 0.15) is 24.4 Å². The second kappa shape index (κ2) is 6.12. The lowest BCUT2D eigenvalue weighted by atomic mass is 9.99. The number of carbonyl (C=O) groups excluding carboxylic acids is 1. The first-order valence-corrected chi connectivity index (χ1v) is 6.69. The number of aliphatic hydroxyl groups excluding tert-OH is 4. The summed E-state index contributed by atoms with van der Waals surface area (Å²) >= 11 is 0.967. The summed E-state index contributed by atoms with van der Waals surface area (Å²) < 4.78 is 10.4. The maximum atomic E-state index is 11.1. The lowest BCUT2D eigenvalue weighted by Gasteiger charge is -2.39. The van der Waals surface area contributed by atoms with E-state index in [1.807, 2.05) is 0 Å². The van der Waals surface area contributed by atoms with Crippen molar-refractivity contribution in [2.45, 2.75) is 37.6 Å². The van der Waals surface area contributed by atoms with E-state index in [1.54, 1.807) is 0 Å².